The summed E-state index contributed by atoms with van der Waals surface area (Å²) in [5.74, 6) is 0. The molecule has 0 spiro atoms. The number of rotatable bonds is 7. The van der Waals surface area contributed by atoms with Gasteiger partial charge in [-0.25, -0.2) is 0 Å². The Morgan fingerprint density at radius 2 is 1.70 bits per heavy atom. The summed E-state index contributed by atoms with van der Waals surface area (Å²) < 4.78 is 0. The standard InChI is InChI=1S/C19H31N/c1-4-8-16-9-11-17(12-10-16)18(20-15-5-2)19(3)13-6-7-14-19/h9-12,18,20H,4-8,13-15H2,1-3H3. The van der Waals surface area contributed by atoms with Crippen LogP contribution in [0.3, 0.4) is 0 Å². The van der Waals surface area contributed by atoms with Gasteiger partial charge >= 0.3 is 0 Å². The monoisotopic (exact) mass is 273 g/mol. The lowest BCUT2D eigenvalue weighted by Gasteiger charge is -2.35. The van der Waals surface area contributed by atoms with Crippen molar-refractivity contribution in [3.05, 3.63) is 35.4 Å². The summed E-state index contributed by atoms with van der Waals surface area (Å²) in [5, 5.41) is 3.82. The van der Waals surface area contributed by atoms with Crippen LogP contribution in [0.1, 0.15) is 76.5 Å². The minimum absolute atomic E-state index is 0.446. The maximum atomic E-state index is 3.82. The van der Waals surface area contributed by atoms with Crippen molar-refractivity contribution in [2.45, 2.75) is 71.8 Å². The van der Waals surface area contributed by atoms with E-state index in [2.05, 4.69) is 50.4 Å². The lowest BCUT2D eigenvalue weighted by Crippen LogP contribution is -2.35. The van der Waals surface area contributed by atoms with E-state index in [4.69, 9.17) is 0 Å². The molecule has 0 aliphatic heterocycles. The Hall–Kier alpha value is -0.820. The summed E-state index contributed by atoms with van der Waals surface area (Å²) >= 11 is 0. The zero-order valence-electron chi connectivity index (χ0n) is 13.5. The van der Waals surface area contributed by atoms with Gasteiger partial charge in [0.2, 0.25) is 0 Å². The topological polar surface area (TPSA) is 12.0 Å². The number of benzene rings is 1. The second-order valence-corrected chi connectivity index (χ2v) is 6.74. The Balaban J connectivity index is 2.16. The second kappa shape index (κ2) is 7.26. The Morgan fingerprint density at radius 3 is 2.25 bits per heavy atom. The molecule has 0 heterocycles. The van der Waals surface area contributed by atoms with Gasteiger partial charge < -0.3 is 5.32 Å². The molecule has 112 valence electrons. The van der Waals surface area contributed by atoms with Crippen LogP contribution in [0.15, 0.2) is 24.3 Å². The van der Waals surface area contributed by atoms with Gasteiger partial charge in [-0.2, -0.15) is 0 Å². The van der Waals surface area contributed by atoms with E-state index in [9.17, 15) is 0 Å². The third-order valence-corrected chi connectivity index (χ3v) is 4.89. The molecule has 1 aromatic carbocycles. The molecule has 2 rings (SSSR count). The van der Waals surface area contributed by atoms with Gasteiger partial charge in [-0.15, -0.1) is 0 Å². The van der Waals surface area contributed by atoms with Crippen molar-refractivity contribution in [1.29, 1.82) is 0 Å². The molecule has 1 aliphatic carbocycles. The fourth-order valence-corrected chi connectivity index (χ4v) is 3.69. The van der Waals surface area contributed by atoms with Crippen LogP contribution in [0.2, 0.25) is 0 Å². The van der Waals surface area contributed by atoms with Gasteiger partial charge in [-0.1, -0.05) is 64.3 Å². The predicted octanol–water partition coefficient (Wildman–Crippen LogP) is 5.26. The minimum atomic E-state index is 0.446. The molecule has 1 saturated carbocycles. The summed E-state index contributed by atoms with van der Waals surface area (Å²) in [5.41, 5.74) is 3.41. The number of hydrogen-bond acceptors (Lipinski definition) is 1. The van der Waals surface area contributed by atoms with Crippen molar-refractivity contribution in [2.24, 2.45) is 5.41 Å². The van der Waals surface area contributed by atoms with Crippen molar-refractivity contribution in [2.75, 3.05) is 6.54 Å². The van der Waals surface area contributed by atoms with Crippen molar-refractivity contribution in [3.63, 3.8) is 0 Å². The molecule has 0 amide bonds. The molecule has 1 N–H and O–H groups in total. The van der Waals surface area contributed by atoms with Crippen LogP contribution < -0.4 is 5.32 Å². The van der Waals surface area contributed by atoms with Crippen LogP contribution in [0.5, 0.6) is 0 Å². The Labute approximate surface area is 125 Å². The van der Waals surface area contributed by atoms with Crippen LogP contribution in [-0.2, 0) is 6.42 Å². The van der Waals surface area contributed by atoms with Crippen molar-refractivity contribution >= 4 is 0 Å². The first-order valence-electron chi connectivity index (χ1n) is 8.52. The van der Waals surface area contributed by atoms with Crippen LogP contribution >= 0.6 is 0 Å². The van der Waals surface area contributed by atoms with Crippen molar-refractivity contribution in [3.8, 4) is 0 Å². The molecule has 0 saturated heterocycles. The summed E-state index contributed by atoms with van der Waals surface area (Å²) in [7, 11) is 0. The van der Waals surface area contributed by atoms with Crippen molar-refractivity contribution in [1.82, 2.24) is 5.32 Å². The lowest BCUT2D eigenvalue weighted by atomic mass is 9.77. The number of aryl methyl sites for hydroxylation is 1. The quantitative estimate of drug-likeness (QED) is 0.714. The van der Waals surface area contributed by atoms with Crippen LogP contribution in [0.4, 0.5) is 0 Å². The third-order valence-electron chi connectivity index (χ3n) is 4.89. The van der Waals surface area contributed by atoms with E-state index in [-0.39, 0.29) is 0 Å². The Kier molecular flexibility index (Phi) is 5.65. The van der Waals surface area contributed by atoms with Gasteiger partial charge in [0.1, 0.15) is 0 Å². The van der Waals surface area contributed by atoms with Gasteiger partial charge in [0.05, 0.1) is 0 Å². The van der Waals surface area contributed by atoms with Crippen molar-refractivity contribution < 1.29 is 0 Å². The van der Waals surface area contributed by atoms with Crippen LogP contribution in [0.25, 0.3) is 0 Å². The first kappa shape index (κ1) is 15.6. The average Bonchev–Trinajstić information content (AvgIpc) is 2.89. The van der Waals surface area contributed by atoms with Crippen LogP contribution in [-0.4, -0.2) is 6.54 Å². The molecule has 1 atom stereocenters. The number of nitrogens with one attached hydrogen (secondary N) is 1. The van der Waals surface area contributed by atoms with E-state index < -0.39 is 0 Å². The highest BCUT2D eigenvalue weighted by atomic mass is 14.9. The van der Waals surface area contributed by atoms with Gasteiger partial charge in [-0.3, -0.25) is 0 Å². The van der Waals surface area contributed by atoms with E-state index in [0.717, 1.165) is 6.54 Å². The lowest BCUT2D eigenvalue weighted by molar-refractivity contribution is 0.223. The highest BCUT2D eigenvalue weighted by molar-refractivity contribution is 5.27. The highest BCUT2D eigenvalue weighted by Gasteiger charge is 2.37. The molecule has 20 heavy (non-hydrogen) atoms. The number of hydrogen-bond donors (Lipinski definition) is 1. The van der Waals surface area contributed by atoms with E-state index >= 15 is 0 Å². The maximum absolute atomic E-state index is 3.82. The Morgan fingerprint density at radius 1 is 1.05 bits per heavy atom. The smallest absolute Gasteiger partial charge is 0.0374 e. The van der Waals surface area contributed by atoms with Gasteiger partial charge in [0.25, 0.3) is 0 Å². The third kappa shape index (κ3) is 3.63. The van der Waals surface area contributed by atoms with Gasteiger partial charge in [0.15, 0.2) is 0 Å². The Bertz CT molecular complexity index is 387. The molecule has 1 nitrogen and oxygen atoms in total. The molecule has 1 heteroatoms. The normalized spacial score (nSPS) is 19.1. The highest BCUT2D eigenvalue weighted by Crippen LogP contribution is 2.47. The first-order chi connectivity index (χ1) is 9.69. The van der Waals surface area contributed by atoms with Gasteiger partial charge in [0, 0.05) is 6.04 Å². The zero-order valence-corrected chi connectivity index (χ0v) is 13.5. The molecule has 0 aromatic heterocycles. The summed E-state index contributed by atoms with van der Waals surface area (Å²) in [6.07, 6.45) is 9.17. The summed E-state index contributed by atoms with van der Waals surface area (Å²) in [6.45, 7) is 8.11. The van der Waals surface area contributed by atoms with E-state index in [1.807, 2.05) is 0 Å². The SMILES string of the molecule is CCCNC(c1ccc(CCC)cc1)C1(C)CCCC1. The van der Waals surface area contributed by atoms with Gasteiger partial charge in [-0.05, 0) is 48.8 Å². The van der Waals surface area contributed by atoms with E-state index in [0.29, 0.717) is 11.5 Å². The van der Waals surface area contributed by atoms with E-state index in [1.54, 1.807) is 0 Å². The molecule has 1 aromatic rings. The molecule has 1 aliphatic rings. The minimum Gasteiger partial charge on any atom is -0.309 e. The van der Waals surface area contributed by atoms with E-state index in [1.165, 1.54) is 56.1 Å². The molecular formula is C19H31N. The molecule has 0 bridgehead atoms. The molecular weight excluding hydrogens is 242 g/mol. The fourth-order valence-electron chi connectivity index (χ4n) is 3.69. The van der Waals surface area contributed by atoms with Crippen LogP contribution in [0, 0.1) is 5.41 Å². The maximum Gasteiger partial charge on any atom is 0.0374 e. The largest absolute Gasteiger partial charge is 0.309 e. The predicted molar refractivity (Wildman–Crippen MR) is 88.0 cm³/mol. The summed E-state index contributed by atoms with van der Waals surface area (Å²) in [4.78, 5) is 0. The average molecular weight is 273 g/mol. The first-order valence-corrected chi connectivity index (χ1v) is 8.52. The fraction of sp³-hybridized carbons (Fsp3) is 0.684. The summed E-state index contributed by atoms with van der Waals surface area (Å²) in [6, 6.07) is 9.92. The molecule has 0 radical (unpaired) electrons. The second-order valence-electron chi connectivity index (χ2n) is 6.74. The molecule has 1 unspecified atom stereocenters. The molecule has 1 fully saturated rings. The zero-order chi connectivity index (χ0) is 14.4.